The van der Waals surface area contributed by atoms with Crippen LogP contribution in [0.5, 0.6) is 5.88 Å². The number of pyridine rings is 1. The maximum absolute atomic E-state index is 13.0. The predicted octanol–water partition coefficient (Wildman–Crippen LogP) is 2.55. The van der Waals surface area contributed by atoms with Gasteiger partial charge in [0.1, 0.15) is 0 Å². The van der Waals surface area contributed by atoms with Gasteiger partial charge in [0, 0.05) is 12.7 Å². The number of alkyl halides is 5. The normalized spacial score (nSPS) is 11.6. The summed E-state index contributed by atoms with van der Waals surface area (Å²) in [4.78, 5) is 14.7. The second kappa shape index (κ2) is 6.66. The molecule has 0 amide bonds. The molecule has 0 radical (unpaired) electrons. The second-order valence-electron chi connectivity index (χ2n) is 3.64. The van der Waals surface area contributed by atoms with Gasteiger partial charge in [-0.05, 0) is 12.5 Å². The molecular weight excluding hydrogens is 303 g/mol. The molecule has 0 aromatic carbocycles. The van der Waals surface area contributed by atoms with Gasteiger partial charge in [0.2, 0.25) is 5.88 Å². The summed E-state index contributed by atoms with van der Waals surface area (Å²) in [6.07, 6.45) is -7.90. The van der Waals surface area contributed by atoms with Crippen molar-refractivity contribution in [2.24, 2.45) is 5.73 Å². The molecule has 1 aromatic rings. The first-order valence-corrected chi connectivity index (χ1v) is 5.64. The number of ether oxygens (including phenoxy) is 2. The minimum Gasteiger partial charge on any atom is -0.462 e. The second-order valence-corrected chi connectivity index (χ2v) is 3.64. The first-order chi connectivity index (χ1) is 9.71. The highest BCUT2D eigenvalue weighted by Gasteiger charge is 2.36. The molecule has 0 bridgehead atoms. The van der Waals surface area contributed by atoms with Crippen LogP contribution in [0.15, 0.2) is 6.20 Å². The number of hydrogen-bond acceptors (Lipinski definition) is 5. The molecule has 1 aromatic heterocycles. The number of carbonyl (C=O) groups excluding carboxylic acids is 1. The number of esters is 1. The molecule has 5 nitrogen and oxygen atoms in total. The average molecular weight is 314 g/mol. The summed E-state index contributed by atoms with van der Waals surface area (Å²) >= 11 is 0. The molecular formula is C11H11F5N2O3. The van der Waals surface area contributed by atoms with Crippen molar-refractivity contribution < 1.29 is 36.2 Å². The summed E-state index contributed by atoms with van der Waals surface area (Å²) in [6, 6.07) is 0. The summed E-state index contributed by atoms with van der Waals surface area (Å²) in [7, 11) is 0. The molecule has 0 aliphatic rings. The van der Waals surface area contributed by atoms with Gasteiger partial charge in [0.25, 0.3) is 6.43 Å². The molecule has 10 heteroatoms. The van der Waals surface area contributed by atoms with Crippen LogP contribution in [0.1, 0.15) is 34.8 Å². The third-order valence-corrected chi connectivity index (χ3v) is 2.32. The van der Waals surface area contributed by atoms with Crippen molar-refractivity contribution in [2.75, 3.05) is 6.61 Å². The largest absolute Gasteiger partial charge is 0.574 e. The van der Waals surface area contributed by atoms with E-state index >= 15 is 0 Å². The molecule has 0 saturated heterocycles. The SMILES string of the molecule is CCOC(=O)c1cnc(OC(F)(F)F)c(C(F)F)c1CN. The Morgan fingerprint density at radius 3 is 2.48 bits per heavy atom. The summed E-state index contributed by atoms with van der Waals surface area (Å²) in [5.74, 6) is -2.35. The lowest BCUT2D eigenvalue weighted by molar-refractivity contribution is -0.276. The van der Waals surface area contributed by atoms with Crippen LogP contribution in [-0.4, -0.2) is 23.9 Å². The monoisotopic (exact) mass is 314 g/mol. The first kappa shape index (κ1) is 17.1. The highest BCUT2D eigenvalue weighted by molar-refractivity contribution is 5.91. The van der Waals surface area contributed by atoms with E-state index in [2.05, 4.69) is 14.5 Å². The quantitative estimate of drug-likeness (QED) is 0.668. The lowest BCUT2D eigenvalue weighted by Gasteiger charge is -2.16. The Bertz CT molecular complexity index is 519. The van der Waals surface area contributed by atoms with Crippen molar-refractivity contribution in [3.8, 4) is 5.88 Å². The smallest absolute Gasteiger partial charge is 0.462 e. The van der Waals surface area contributed by atoms with Crippen LogP contribution in [0, 0.1) is 0 Å². The average Bonchev–Trinajstić information content (AvgIpc) is 2.35. The molecule has 118 valence electrons. The fourth-order valence-corrected chi connectivity index (χ4v) is 1.57. The van der Waals surface area contributed by atoms with Gasteiger partial charge in [-0.1, -0.05) is 0 Å². The van der Waals surface area contributed by atoms with Crippen molar-refractivity contribution >= 4 is 5.97 Å². The lowest BCUT2D eigenvalue weighted by atomic mass is 10.0. The molecule has 0 aliphatic carbocycles. The minimum atomic E-state index is -5.20. The fourth-order valence-electron chi connectivity index (χ4n) is 1.57. The number of carbonyl (C=O) groups is 1. The Labute approximate surface area is 115 Å². The Hall–Kier alpha value is -1.97. The molecule has 0 spiro atoms. The zero-order valence-electron chi connectivity index (χ0n) is 10.7. The van der Waals surface area contributed by atoms with Crippen LogP contribution < -0.4 is 10.5 Å². The molecule has 0 aliphatic heterocycles. The maximum atomic E-state index is 13.0. The van der Waals surface area contributed by atoms with Gasteiger partial charge < -0.3 is 15.2 Å². The van der Waals surface area contributed by atoms with Gasteiger partial charge in [-0.15, -0.1) is 13.2 Å². The molecule has 0 saturated carbocycles. The van der Waals surface area contributed by atoms with Crippen LogP contribution in [-0.2, 0) is 11.3 Å². The number of nitrogens with zero attached hydrogens (tertiary/aromatic N) is 1. The van der Waals surface area contributed by atoms with Crippen molar-refractivity contribution in [3.05, 3.63) is 22.9 Å². The molecule has 1 rings (SSSR count). The van der Waals surface area contributed by atoms with E-state index in [0.717, 1.165) is 0 Å². The van der Waals surface area contributed by atoms with Crippen LogP contribution in [0.25, 0.3) is 0 Å². The van der Waals surface area contributed by atoms with Crippen molar-refractivity contribution in [1.29, 1.82) is 0 Å². The fraction of sp³-hybridized carbons (Fsp3) is 0.455. The number of nitrogens with two attached hydrogens (primary N) is 1. The summed E-state index contributed by atoms with van der Waals surface area (Å²) in [5.41, 5.74) is 3.14. The van der Waals surface area contributed by atoms with E-state index in [1.54, 1.807) is 0 Å². The molecule has 0 atom stereocenters. The van der Waals surface area contributed by atoms with Crippen LogP contribution in [0.3, 0.4) is 0 Å². The van der Waals surface area contributed by atoms with E-state index in [-0.39, 0.29) is 6.61 Å². The van der Waals surface area contributed by atoms with E-state index in [9.17, 15) is 26.7 Å². The van der Waals surface area contributed by atoms with Crippen LogP contribution >= 0.6 is 0 Å². The Morgan fingerprint density at radius 1 is 1.43 bits per heavy atom. The Morgan fingerprint density at radius 2 is 2.05 bits per heavy atom. The molecule has 2 N–H and O–H groups in total. The van der Waals surface area contributed by atoms with Crippen molar-refractivity contribution in [1.82, 2.24) is 4.98 Å². The Balaban J connectivity index is 3.41. The number of hydrogen-bond donors (Lipinski definition) is 1. The van der Waals surface area contributed by atoms with Gasteiger partial charge >= 0.3 is 12.3 Å². The molecule has 1 heterocycles. The van der Waals surface area contributed by atoms with E-state index in [0.29, 0.717) is 6.20 Å². The van der Waals surface area contributed by atoms with Gasteiger partial charge in [0.15, 0.2) is 0 Å². The third kappa shape index (κ3) is 4.25. The van der Waals surface area contributed by atoms with E-state index in [1.165, 1.54) is 6.92 Å². The van der Waals surface area contributed by atoms with Gasteiger partial charge in [0.05, 0.1) is 17.7 Å². The number of rotatable bonds is 5. The highest BCUT2D eigenvalue weighted by atomic mass is 19.4. The van der Waals surface area contributed by atoms with Gasteiger partial charge in [-0.25, -0.2) is 18.6 Å². The number of halogens is 5. The van der Waals surface area contributed by atoms with E-state index < -0.39 is 47.9 Å². The summed E-state index contributed by atoms with van der Waals surface area (Å²) in [5, 5.41) is 0. The zero-order chi connectivity index (χ0) is 16.2. The van der Waals surface area contributed by atoms with Gasteiger partial charge in [-0.3, -0.25) is 0 Å². The van der Waals surface area contributed by atoms with Crippen molar-refractivity contribution in [2.45, 2.75) is 26.3 Å². The number of aromatic nitrogens is 1. The molecule has 21 heavy (non-hydrogen) atoms. The summed E-state index contributed by atoms with van der Waals surface area (Å²) < 4.78 is 70.5. The highest BCUT2D eigenvalue weighted by Crippen LogP contribution is 2.35. The van der Waals surface area contributed by atoms with Gasteiger partial charge in [-0.2, -0.15) is 0 Å². The third-order valence-electron chi connectivity index (χ3n) is 2.32. The van der Waals surface area contributed by atoms with Crippen LogP contribution in [0.2, 0.25) is 0 Å². The summed E-state index contributed by atoms with van der Waals surface area (Å²) in [6.45, 7) is 0.820. The zero-order valence-corrected chi connectivity index (χ0v) is 10.7. The maximum Gasteiger partial charge on any atom is 0.574 e. The Kier molecular flexibility index (Phi) is 5.41. The topological polar surface area (TPSA) is 74.4 Å². The molecule has 0 fully saturated rings. The minimum absolute atomic E-state index is 0.0480. The first-order valence-electron chi connectivity index (χ1n) is 5.64. The van der Waals surface area contributed by atoms with E-state index in [4.69, 9.17) is 5.73 Å². The van der Waals surface area contributed by atoms with E-state index in [1.807, 2.05) is 0 Å². The lowest BCUT2D eigenvalue weighted by Crippen LogP contribution is -2.22. The predicted molar refractivity (Wildman–Crippen MR) is 59.7 cm³/mol. The van der Waals surface area contributed by atoms with Crippen LogP contribution in [0.4, 0.5) is 22.0 Å². The standard InChI is InChI=1S/C11H11F5N2O3/c1-2-20-10(19)6-4-18-9(21-11(14,15)16)7(8(12)13)5(6)3-17/h4,8H,2-3,17H2,1H3. The molecule has 0 unspecified atom stereocenters. The van der Waals surface area contributed by atoms with Crippen molar-refractivity contribution in [3.63, 3.8) is 0 Å².